The van der Waals surface area contributed by atoms with E-state index in [1.54, 1.807) is 6.92 Å². The number of aliphatic carboxylic acids is 1. The summed E-state index contributed by atoms with van der Waals surface area (Å²) >= 11 is 0. The van der Waals surface area contributed by atoms with Gasteiger partial charge in [0.05, 0.1) is 6.10 Å². The summed E-state index contributed by atoms with van der Waals surface area (Å²) in [6, 6.07) is -4.28. The predicted octanol–water partition coefficient (Wildman–Crippen LogP) is -1.57. The molecular weight excluding hydrogens is 394 g/mol. The van der Waals surface area contributed by atoms with Crippen molar-refractivity contribution in [2.45, 2.75) is 83.6 Å². The van der Waals surface area contributed by atoms with Crippen LogP contribution in [-0.2, 0) is 19.2 Å². The number of aliphatic hydroxyl groups is 1. The Hall–Kier alpha value is -2.24. The number of nitrogens with one attached hydrogen (secondary N) is 3. The number of hydrogen-bond donors (Lipinski definition) is 7. The van der Waals surface area contributed by atoms with Crippen LogP contribution in [0.3, 0.4) is 0 Å². The molecule has 3 amide bonds. The maximum absolute atomic E-state index is 12.7. The Morgan fingerprint density at radius 3 is 2.00 bits per heavy atom. The summed E-state index contributed by atoms with van der Waals surface area (Å²) in [5.74, 6) is -3.39. The van der Waals surface area contributed by atoms with Crippen molar-refractivity contribution in [1.29, 1.82) is 0 Å². The highest BCUT2D eigenvalue weighted by molar-refractivity contribution is 5.94. The molecule has 0 saturated heterocycles. The second-order valence-electron chi connectivity index (χ2n) is 7.55. The first kappa shape index (κ1) is 27.8. The van der Waals surface area contributed by atoms with Gasteiger partial charge in [-0.25, -0.2) is 4.79 Å². The number of amides is 3. The van der Waals surface area contributed by atoms with Gasteiger partial charge in [-0.15, -0.1) is 0 Å². The minimum atomic E-state index is -1.20. The highest BCUT2D eigenvalue weighted by Gasteiger charge is 2.31. The van der Waals surface area contributed by atoms with E-state index in [9.17, 15) is 29.4 Å². The topological polar surface area (TPSA) is 197 Å². The molecule has 174 valence electrons. The van der Waals surface area contributed by atoms with Crippen molar-refractivity contribution in [1.82, 2.24) is 16.0 Å². The van der Waals surface area contributed by atoms with Crippen molar-refractivity contribution in [3.63, 3.8) is 0 Å². The standard InChI is InChI=1S/C19H37N5O6/c1-5-10(2)15(24-17(27)14(21)12(4)25)18(28)22-11(3)16(26)23-13(19(29)30)8-6-7-9-20/h10-15,25H,5-9,20-21H2,1-4H3,(H,22,28)(H,23,26)(H,24,27)(H,29,30). The number of aliphatic hydroxyl groups excluding tert-OH is 1. The number of unbranched alkanes of at least 4 members (excludes halogenated alkanes) is 1. The van der Waals surface area contributed by atoms with Gasteiger partial charge in [0.1, 0.15) is 24.2 Å². The largest absolute Gasteiger partial charge is 0.480 e. The van der Waals surface area contributed by atoms with E-state index in [0.29, 0.717) is 25.8 Å². The van der Waals surface area contributed by atoms with Gasteiger partial charge in [-0.1, -0.05) is 20.3 Å². The molecule has 0 aromatic heterocycles. The van der Waals surface area contributed by atoms with E-state index in [1.165, 1.54) is 13.8 Å². The molecule has 0 aliphatic carbocycles. The number of carboxylic acids is 1. The van der Waals surface area contributed by atoms with Crippen molar-refractivity contribution in [2.75, 3.05) is 6.54 Å². The van der Waals surface area contributed by atoms with Gasteiger partial charge in [-0.3, -0.25) is 14.4 Å². The highest BCUT2D eigenvalue weighted by Crippen LogP contribution is 2.09. The minimum Gasteiger partial charge on any atom is -0.480 e. The molecule has 0 aliphatic rings. The highest BCUT2D eigenvalue weighted by atomic mass is 16.4. The van der Waals surface area contributed by atoms with E-state index in [2.05, 4.69) is 16.0 Å². The van der Waals surface area contributed by atoms with E-state index < -0.39 is 54.0 Å². The lowest BCUT2D eigenvalue weighted by molar-refractivity contribution is -0.142. The first-order valence-electron chi connectivity index (χ1n) is 10.2. The van der Waals surface area contributed by atoms with Crippen LogP contribution in [-0.4, -0.2) is 70.7 Å². The number of carbonyl (C=O) groups is 4. The van der Waals surface area contributed by atoms with Gasteiger partial charge < -0.3 is 37.6 Å². The van der Waals surface area contributed by atoms with Gasteiger partial charge in [0, 0.05) is 0 Å². The van der Waals surface area contributed by atoms with E-state index in [1.807, 2.05) is 6.92 Å². The van der Waals surface area contributed by atoms with Gasteiger partial charge in [-0.2, -0.15) is 0 Å². The number of rotatable bonds is 14. The van der Waals surface area contributed by atoms with Crippen molar-refractivity contribution in [2.24, 2.45) is 17.4 Å². The Labute approximate surface area is 177 Å². The minimum absolute atomic E-state index is 0.224. The number of carbonyl (C=O) groups excluding carboxylic acids is 3. The summed E-state index contributed by atoms with van der Waals surface area (Å²) in [5, 5.41) is 26.1. The third-order valence-electron chi connectivity index (χ3n) is 4.93. The molecule has 11 nitrogen and oxygen atoms in total. The van der Waals surface area contributed by atoms with E-state index >= 15 is 0 Å². The summed E-state index contributed by atoms with van der Waals surface area (Å²) in [5.41, 5.74) is 11.0. The Morgan fingerprint density at radius 1 is 0.933 bits per heavy atom. The van der Waals surface area contributed by atoms with Crippen LogP contribution in [0, 0.1) is 5.92 Å². The van der Waals surface area contributed by atoms with Gasteiger partial charge in [-0.05, 0) is 45.6 Å². The third kappa shape index (κ3) is 9.51. The lowest BCUT2D eigenvalue weighted by atomic mass is 9.97. The molecule has 30 heavy (non-hydrogen) atoms. The summed E-state index contributed by atoms with van der Waals surface area (Å²) < 4.78 is 0. The maximum atomic E-state index is 12.7. The monoisotopic (exact) mass is 431 g/mol. The van der Waals surface area contributed by atoms with Crippen molar-refractivity contribution < 1.29 is 29.4 Å². The van der Waals surface area contributed by atoms with Crippen molar-refractivity contribution in [3.8, 4) is 0 Å². The maximum Gasteiger partial charge on any atom is 0.326 e. The molecule has 0 fully saturated rings. The van der Waals surface area contributed by atoms with E-state index in [4.69, 9.17) is 11.5 Å². The first-order chi connectivity index (χ1) is 14.0. The molecule has 11 heteroatoms. The molecule has 0 aromatic rings. The van der Waals surface area contributed by atoms with E-state index in [-0.39, 0.29) is 12.3 Å². The number of hydrogen-bond acceptors (Lipinski definition) is 7. The van der Waals surface area contributed by atoms with Crippen LogP contribution in [0.5, 0.6) is 0 Å². The Bertz CT molecular complexity index is 586. The van der Waals surface area contributed by atoms with Crippen LogP contribution < -0.4 is 27.4 Å². The Balaban J connectivity index is 5.05. The zero-order valence-electron chi connectivity index (χ0n) is 18.2. The fourth-order valence-electron chi connectivity index (χ4n) is 2.59. The Kier molecular flexibility index (Phi) is 12.8. The van der Waals surface area contributed by atoms with Crippen LogP contribution >= 0.6 is 0 Å². The molecule has 0 saturated carbocycles. The molecule has 0 radical (unpaired) electrons. The smallest absolute Gasteiger partial charge is 0.326 e. The van der Waals surface area contributed by atoms with Crippen LogP contribution in [0.1, 0.15) is 53.4 Å². The molecular formula is C19H37N5O6. The normalized spacial score (nSPS) is 17.0. The first-order valence-corrected chi connectivity index (χ1v) is 10.2. The van der Waals surface area contributed by atoms with Gasteiger partial charge in [0.15, 0.2) is 0 Å². The second-order valence-corrected chi connectivity index (χ2v) is 7.55. The molecule has 0 aliphatic heterocycles. The summed E-state index contributed by atoms with van der Waals surface area (Å²) in [6.07, 6.45) is 0.867. The van der Waals surface area contributed by atoms with Gasteiger partial charge in [0.2, 0.25) is 17.7 Å². The predicted molar refractivity (Wildman–Crippen MR) is 111 cm³/mol. The summed E-state index contributed by atoms with van der Waals surface area (Å²) in [4.78, 5) is 48.5. The van der Waals surface area contributed by atoms with E-state index in [0.717, 1.165) is 0 Å². The van der Waals surface area contributed by atoms with Crippen LogP contribution in [0.4, 0.5) is 0 Å². The zero-order chi connectivity index (χ0) is 23.4. The Morgan fingerprint density at radius 2 is 1.53 bits per heavy atom. The number of nitrogens with two attached hydrogens (primary N) is 2. The SMILES string of the molecule is CCC(C)C(NC(=O)C(N)C(C)O)C(=O)NC(C)C(=O)NC(CCCCN)C(=O)O. The van der Waals surface area contributed by atoms with Crippen LogP contribution in [0.2, 0.25) is 0 Å². The summed E-state index contributed by atoms with van der Waals surface area (Å²) in [7, 11) is 0. The molecule has 6 atom stereocenters. The fourth-order valence-corrected chi connectivity index (χ4v) is 2.59. The molecule has 0 bridgehead atoms. The molecule has 0 aromatic carbocycles. The molecule has 0 heterocycles. The third-order valence-corrected chi connectivity index (χ3v) is 4.93. The van der Waals surface area contributed by atoms with Gasteiger partial charge >= 0.3 is 5.97 Å². The van der Waals surface area contributed by atoms with Crippen LogP contribution in [0.25, 0.3) is 0 Å². The fraction of sp³-hybridized carbons (Fsp3) is 0.789. The average molecular weight is 432 g/mol. The molecule has 6 unspecified atom stereocenters. The molecule has 0 rings (SSSR count). The second kappa shape index (κ2) is 13.9. The number of carboxylic acid groups (broad SMARTS) is 1. The lowest BCUT2D eigenvalue weighted by Crippen LogP contribution is -2.59. The quantitative estimate of drug-likeness (QED) is 0.160. The molecule has 0 spiro atoms. The summed E-state index contributed by atoms with van der Waals surface area (Å²) in [6.45, 7) is 6.79. The zero-order valence-corrected chi connectivity index (χ0v) is 18.2. The van der Waals surface area contributed by atoms with Gasteiger partial charge in [0.25, 0.3) is 0 Å². The lowest BCUT2D eigenvalue weighted by Gasteiger charge is -2.27. The van der Waals surface area contributed by atoms with Crippen LogP contribution in [0.15, 0.2) is 0 Å². The van der Waals surface area contributed by atoms with Crippen molar-refractivity contribution >= 4 is 23.7 Å². The average Bonchev–Trinajstić information content (AvgIpc) is 2.69. The molecule has 9 N–H and O–H groups in total. The van der Waals surface area contributed by atoms with Crippen molar-refractivity contribution in [3.05, 3.63) is 0 Å².